The summed E-state index contributed by atoms with van der Waals surface area (Å²) in [6.45, 7) is 13.8. The van der Waals surface area contributed by atoms with E-state index >= 15 is 0 Å². The molecule has 14 nitrogen and oxygen atoms in total. The highest BCUT2D eigenvalue weighted by Gasteiger charge is 2.57. The molecule has 3 aromatic rings. The van der Waals surface area contributed by atoms with E-state index < -0.39 is 89.3 Å². The Labute approximate surface area is 370 Å². The second kappa shape index (κ2) is 19.8. The number of ketones is 2. The Balaban J connectivity index is 1.43. The van der Waals surface area contributed by atoms with Crippen molar-refractivity contribution >= 4 is 46.6 Å². The SMILES string of the molecule is CC[C@H]1OC(=O)[C@H](C)C(=O)[C@H](C)[C@@H](O[C@@H]2O[C@H](C)C[C@H](N(C)C)[C@H]2OC(=O)c2ccccc2)[C@](C)(OC/C=C/c2cnc3ccccc3c2)C[C@@H](C)C(=O)[C@H](C)[C@H]2NC(=O)O[C@@]21C. The monoisotopic (exact) mass is 869 g/mol. The Kier molecular flexibility index (Phi) is 14.9. The fourth-order valence-electron chi connectivity index (χ4n) is 9.61. The lowest BCUT2D eigenvalue weighted by Gasteiger charge is -2.48. The number of hydrogen-bond acceptors (Lipinski definition) is 13. The summed E-state index contributed by atoms with van der Waals surface area (Å²) in [5.41, 5.74) is -0.798. The van der Waals surface area contributed by atoms with Crippen molar-refractivity contribution in [3.8, 4) is 0 Å². The lowest BCUT2D eigenvalue weighted by molar-refractivity contribution is -0.296. The van der Waals surface area contributed by atoms with E-state index in [1.54, 1.807) is 78.1 Å². The van der Waals surface area contributed by atoms with Crippen LogP contribution in [0.1, 0.15) is 90.6 Å². The number of pyridine rings is 1. The van der Waals surface area contributed by atoms with Crippen molar-refractivity contribution in [1.82, 2.24) is 15.2 Å². The molecule has 3 saturated heterocycles. The number of cyclic esters (lactones) is 1. The summed E-state index contributed by atoms with van der Waals surface area (Å²) >= 11 is 0. The molecule has 3 aliphatic heterocycles. The largest absolute Gasteiger partial charge is 0.458 e. The zero-order valence-corrected chi connectivity index (χ0v) is 38.1. The number of aromatic nitrogens is 1. The van der Waals surface area contributed by atoms with Gasteiger partial charge in [-0.2, -0.15) is 0 Å². The highest BCUT2D eigenvalue weighted by molar-refractivity contribution is 6.00. The van der Waals surface area contributed by atoms with E-state index in [4.69, 9.17) is 28.4 Å². The van der Waals surface area contributed by atoms with Crippen molar-refractivity contribution in [2.24, 2.45) is 23.7 Å². The van der Waals surface area contributed by atoms with Crippen molar-refractivity contribution in [3.63, 3.8) is 0 Å². The van der Waals surface area contributed by atoms with Crippen molar-refractivity contribution < 1.29 is 52.4 Å². The Hall–Kier alpha value is -5.02. The van der Waals surface area contributed by atoms with Crippen LogP contribution in [0.4, 0.5) is 4.79 Å². The number of Topliss-reactive ketones (excluding diaryl/α,β-unsaturated/α-hetero) is 2. The number of esters is 2. The molecule has 1 aromatic heterocycles. The highest BCUT2D eigenvalue weighted by atomic mass is 16.7. The highest BCUT2D eigenvalue weighted by Crippen LogP contribution is 2.41. The summed E-state index contributed by atoms with van der Waals surface area (Å²) in [6, 6.07) is 17.2. The first-order valence-electron chi connectivity index (χ1n) is 22.0. The maximum Gasteiger partial charge on any atom is 0.408 e. The number of amides is 1. The lowest BCUT2D eigenvalue weighted by atomic mass is 9.73. The summed E-state index contributed by atoms with van der Waals surface area (Å²) in [5.74, 6) is -5.97. The summed E-state index contributed by atoms with van der Waals surface area (Å²) in [6.07, 6.45) is 0.842. The number of nitrogens with zero attached hydrogens (tertiary/aromatic N) is 2. The van der Waals surface area contributed by atoms with Crippen LogP contribution in [0.3, 0.4) is 0 Å². The fraction of sp³-hybridized carbons (Fsp3) is 0.551. The topological polar surface area (TPSA) is 169 Å². The second-order valence-electron chi connectivity index (χ2n) is 18.1. The van der Waals surface area contributed by atoms with Crippen LogP contribution < -0.4 is 5.32 Å². The van der Waals surface area contributed by atoms with Gasteiger partial charge in [-0.05, 0) is 90.9 Å². The Morgan fingerprint density at radius 1 is 0.952 bits per heavy atom. The van der Waals surface area contributed by atoms with Gasteiger partial charge >= 0.3 is 18.0 Å². The molecule has 0 aliphatic carbocycles. The van der Waals surface area contributed by atoms with Gasteiger partial charge in [0.05, 0.1) is 47.6 Å². The van der Waals surface area contributed by atoms with Gasteiger partial charge in [0.25, 0.3) is 0 Å². The summed E-state index contributed by atoms with van der Waals surface area (Å²) < 4.78 is 38.5. The zero-order chi connectivity index (χ0) is 45.8. The second-order valence-corrected chi connectivity index (χ2v) is 18.1. The molecule has 1 amide bonds. The molecule has 0 spiro atoms. The predicted molar refractivity (Wildman–Crippen MR) is 235 cm³/mol. The third kappa shape index (κ3) is 10.4. The van der Waals surface area contributed by atoms with Gasteiger partial charge in [-0.1, -0.05) is 76.2 Å². The van der Waals surface area contributed by atoms with Gasteiger partial charge in [0.1, 0.15) is 17.8 Å². The number of likely N-dealkylation sites (N-methyl/N-ethyl adjacent to an activating group) is 1. The standard InChI is InChI=1S/C49H63N3O11/c1-11-38-49(8)42(51-47(57)63-49)30(4)39(53)28(2)26-48(7,58-23-17-18-33-25-35-21-15-16-22-36(35)50-27-33)43(31(5)40(54)32(6)44(55)60-38)62-46-41(37(52(9)10)24-29(3)59-46)61-45(56)34-19-13-12-14-20-34/h12-22,25,27-32,37-38,41-43,46H,11,23-24,26H2,1-10H3,(H,51,57)/b18-17+/t28-,29-,30+,31+,32-,37+,38-,41-,42-,43-,46+,48-,49-/m1/s1. The molecule has 3 aliphatic rings. The van der Waals surface area contributed by atoms with E-state index in [0.29, 0.717) is 12.0 Å². The molecule has 0 unspecified atom stereocenters. The van der Waals surface area contributed by atoms with Crippen LogP contribution >= 0.6 is 0 Å². The van der Waals surface area contributed by atoms with Gasteiger partial charge < -0.3 is 38.6 Å². The predicted octanol–water partition coefficient (Wildman–Crippen LogP) is 6.97. The van der Waals surface area contributed by atoms with E-state index in [1.165, 1.54) is 6.92 Å². The number of rotatable bonds is 10. The number of benzene rings is 2. The van der Waals surface area contributed by atoms with Crippen LogP contribution in [0.15, 0.2) is 72.9 Å². The molecule has 2 aromatic carbocycles. The summed E-state index contributed by atoms with van der Waals surface area (Å²) in [7, 11) is 3.77. The number of para-hydroxylation sites is 1. The number of ether oxygens (including phenoxy) is 6. The maximum absolute atomic E-state index is 14.8. The van der Waals surface area contributed by atoms with Gasteiger partial charge in [-0.3, -0.25) is 19.4 Å². The molecule has 0 radical (unpaired) electrons. The normalized spacial score (nSPS) is 34.6. The number of carbonyl (C=O) groups is 5. The number of hydrogen-bond donors (Lipinski definition) is 1. The summed E-state index contributed by atoms with van der Waals surface area (Å²) in [5, 5.41) is 3.78. The van der Waals surface area contributed by atoms with Crippen LogP contribution in [-0.2, 0) is 42.8 Å². The Bertz CT molecular complexity index is 2160. The van der Waals surface area contributed by atoms with Crippen molar-refractivity contribution in [2.75, 3.05) is 20.7 Å². The molecule has 4 heterocycles. The smallest absolute Gasteiger partial charge is 0.408 e. The maximum atomic E-state index is 14.8. The minimum Gasteiger partial charge on any atom is -0.458 e. The van der Waals surface area contributed by atoms with Crippen molar-refractivity contribution in [2.45, 2.75) is 129 Å². The molecule has 0 saturated carbocycles. The Morgan fingerprint density at radius 3 is 2.35 bits per heavy atom. The van der Waals surface area contributed by atoms with Crippen LogP contribution in [0.25, 0.3) is 17.0 Å². The van der Waals surface area contributed by atoms with E-state index in [1.807, 2.05) is 68.4 Å². The van der Waals surface area contributed by atoms with Gasteiger partial charge in [0, 0.05) is 29.3 Å². The molecular formula is C49H63N3O11. The zero-order valence-electron chi connectivity index (χ0n) is 38.1. The molecule has 13 atom stereocenters. The van der Waals surface area contributed by atoms with Crippen molar-refractivity contribution in [1.29, 1.82) is 0 Å². The molecule has 63 heavy (non-hydrogen) atoms. The first kappa shape index (κ1) is 47.5. The lowest BCUT2D eigenvalue weighted by Crippen LogP contribution is -2.61. The van der Waals surface area contributed by atoms with E-state index in [9.17, 15) is 24.0 Å². The number of carbonyl (C=O) groups excluding carboxylic acids is 5. The molecule has 340 valence electrons. The Morgan fingerprint density at radius 2 is 1.65 bits per heavy atom. The minimum absolute atomic E-state index is 0.0234. The van der Waals surface area contributed by atoms with Crippen molar-refractivity contribution in [3.05, 3.63) is 84.1 Å². The third-order valence-electron chi connectivity index (χ3n) is 13.1. The van der Waals surface area contributed by atoms with Gasteiger partial charge in [0.15, 0.2) is 23.8 Å². The van der Waals surface area contributed by atoms with E-state index in [-0.39, 0.29) is 37.4 Å². The average molecular weight is 870 g/mol. The molecular weight excluding hydrogens is 807 g/mol. The molecule has 1 N–H and O–H groups in total. The van der Waals surface area contributed by atoms with E-state index in [2.05, 4.69) is 10.3 Å². The third-order valence-corrected chi connectivity index (χ3v) is 13.1. The van der Waals surface area contributed by atoms with Crippen LogP contribution in [0.5, 0.6) is 0 Å². The van der Waals surface area contributed by atoms with Crippen LogP contribution in [-0.4, -0.2) is 114 Å². The number of alkyl carbamates (subject to hydrolysis) is 1. The number of fused-ring (bicyclic) bond motifs is 2. The molecule has 6 rings (SSSR count). The van der Waals surface area contributed by atoms with Gasteiger partial charge in [-0.25, -0.2) is 9.59 Å². The quantitative estimate of drug-likeness (QED) is 0.126. The van der Waals surface area contributed by atoms with Crippen LogP contribution in [0.2, 0.25) is 0 Å². The van der Waals surface area contributed by atoms with Gasteiger partial charge in [0.2, 0.25) is 0 Å². The first-order valence-corrected chi connectivity index (χ1v) is 22.0. The molecule has 14 heteroatoms. The number of nitrogens with one attached hydrogen (secondary N) is 1. The first-order chi connectivity index (χ1) is 29.9. The van der Waals surface area contributed by atoms with Crippen LogP contribution in [0, 0.1) is 23.7 Å². The van der Waals surface area contributed by atoms with E-state index in [0.717, 1.165) is 16.5 Å². The minimum atomic E-state index is -1.43. The fourth-order valence-corrected chi connectivity index (χ4v) is 9.61. The average Bonchev–Trinajstić information content (AvgIpc) is 3.58. The molecule has 3 fully saturated rings. The summed E-state index contributed by atoms with van der Waals surface area (Å²) in [4.78, 5) is 76.6. The molecule has 0 bridgehead atoms. The van der Waals surface area contributed by atoms with Gasteiger partial charge in [-0.15, -0.1) is 0 Å².